The Morgan fingerprint density at radius 3 is 2.00 bits per heavy atom. The second-order valence-corrected chi connectivity index (χ2v) is 4.89. The third-order valence-electron chi connectivity index (χ3n) is 2.17. The molecule has 0 spiro atoms. The van der Waals surface area contributed by atoms with Gasteiger partial charge in [0.05, 0.1) is 0 Å². The monoisotopic (exact) mass is 313 g/mol. The van der Waals surface area contributed by atoms with Gasteiger partial charge in [0.1, 0.15) is 19.6 Å². The van der Waals surface area contributed by atoms with Crippen molar-refractivity contribution in [2.24, 2.45) is 11.7 Å². The predicted molar refractivity (Wildman–Crippen MR) is 66.3 cm³/mol. The van der Waals surface area contributed by atoms with Gasteiger partial charge in [-0.1, -0.05) is 13.8 Å². The van der Waals surface area contributed by atoms with Crippen LogP contribution in [0, 0.1) is 5.92 Å². The smallest absolute Gasteiger partial charge is 0.406 e. The van der Waals surface area contributed by atoms with Gasteiger partial charge in [-0.2, -0.15) is 13.2 Å². The number of urea groups is 1. The molecule has 3 amide bonds. The number of hydrogen-bond donors (Lipinski definition) is 2. The lowest BCUT2D eigenvalue weighted by Gasteiger charge is -2.30. The molecule has 0 saturated carbocycles. The van der Waals surface area contributed by atoms with Crippen molar-refractivity contribution >= 4 is 17.9 Å². The second kappa shape index (κ2) is 7.70. The van der Waals surface area contributed by atoms with E-state index in [9.17, 15) is 27.6 Å². The average molecular weight is 313 g/mol. The van der Waals surface area contributed by atoms with Crippen LogP contribution in [0.5, 0.6) is 0 Å². The summed E-state index contributed by atoms with van der Waals surface area (Å²) in [4.78, 5) is 34.4. The molecule has 7 nitrogen and oxygen atoms in total. The van der Waals surface area contributed by atoms with Crippen molar-refractivity contribution in [1.82, 2.24) is 9.80 Å². The van der Waals surface area contributed by atoms with Crippen LogP contribution in [0.1, 0.15) is 13.8 Å². The van der Waals surface area contributed by atoms with E-state index in [0.717, 1.165) is 4.90 Å². The van der Waals surface area contributed by atoms with Gasteiger partial charge in [-0.05, 0) is 5.92 Å². The number of nitrogens with zero attached hydrogens (tertiary/aromatic N) is 2. The van der Waals surface area contributed by atoms with Gasteiger partial charge in [0.2, 0.25) is 5.91 Å². The molecule has 0 radical (unpaired) electrons. The zero-order chi connectivity index (χ0) is 16.8. The Bertz CT molecular complexity index is 399. The van der Waals surface area contributed by atoms with Crippen molar-refractivity contribution < 1.29 is 32.7 Å². The first kappa shape index (κ1) is 19.0. The van der Waals surface area contributed by atoms with Crippen LogP contribution in [0.2, 0.25) is 0 Å². The highest BCUT2D eigenvalue weighted by Crippen LogP contribution is 2.17. The van der Waals surface area contributed by atoms with E-state index in [1.54, 1.807) is 13.8 Å². The minimum atomic E-state index is -4.75. The van der Waals surface area contributed by atoms with Crippen LogP contribution in [-0.4, -0.2) is 65.2 Å². The molecule has 3 N–H and O–H groups in total. The number of carboxylic acids is 1. The van der Waals surface area contributed by atoms with E-state index in [0.29, 0.717) is 0 Å². The molecule has 21 heavy (non-hydrogen) atoms. The average Bonchev–Trinajstić information content (AvgIpc) is 2.22. The standard InChI is InChI=1S/C11H18F3N3O4/c1-7(2)3-16(4-8(15)18)10(21)17(5-9(19)20)6-11(12,13)14/h7H,3-6H2,1-2H3,(H2,15,18)(H,19,20). The summed E-state index contributed by atoms with van der Waals surface area (Å²) in [5.41, 5.74) is 4.95. The molecular formula is C11H18F3N3O4. The quantitative estimate of drug-likeness (QED) is 0.714. The Balaban J connectivity index is 5.16. The summed E-state index contributed by atoms with van der Waals surface area (Å²) in [7, 11) is 0. The summed E-state index contributed by atoms with van der Waals surface area (Å²) < 4.78 is 37.2. The first-order valence-corrected chi connectivity index (χ1v) is 6.03. The number of nitrogens with two attached hydrogens (primary N) is 1. The number of aliphatic carboxylic acids is 1. The van der Waals surface area contributed by atoms with Gasteiger partial charge >= 0.3 is 18.2 Å². The van der Waals surface area contributed by atoms with Gasteiger partial charge < -0.3 is 20.6 Å². The Labute approximate surface area is 119 Å². The molecule has 10 heteroatoms. The minimum Gasteiger partial charge on any atom is -0.480 e. The minimum absolute atomic E-state index is 0.0181. The Morgan fingerprint density at radius 2 is 1.67 bits per heavy atom. The second-order valence-electron chi connectivity index (χ2n) is 4.89. The maximum Gasteiger partial charge on any atom is 0.406 e. The van der Waals surface area contributed by atoms with Crippen LogP contribution >= 0.6 is 0 Å². The van der Waals surface area contributed by atoms with E-state index in [2.05, 4.69) is 0 Å². The summed E-state index contributed by atoms with van der Waals surface area (Å²) in [6.07, 6.45) is -4.75. The van der Waals surface area contributed by atoms with E-state index < -0.39 is 43.7 Å². The zero-order valence-electron chi connectivity index (χ0n) is 11.7. The number of halogens is 3. The summed E-state index contributed by atoms with van der Waals surface area (Å²) >= 11 is 0. The normalized spacial score (nSPS) is 11.3. The molecular weight excluding hydrogens is 295 g/mol. The molecule has 0 rings (SSSR count). The van der Waals surface area contributed by atoms with E-state index in [1.165, 1.54) is 0 Å². The van der Waals surface area contributed by atoms with Crippen LogP contribution < -0.4 is 5.73 Å². The molecule has 0 heterocycles. The molecule has 0 aliphatic heterocycles. The van der Waals surface area contributed by atoms with Gasteiger partial charge in [-0.3, -0.25) is 9.59 Å². The molecule has 0 fully saturated rings. The lowest BCUT2D eigenvalue weighted by Crippen LogP contribution is -2.51. The molecule has 0 aromatic carbocycles. The summed E-state index contributed by atoms with van der Waals surface area (Å²) in [5.74, 6) is -2.62. The van der Waals surface area contributed by atoms with Crippen molar-refractivity contribution in [2.45, 2.75) is 20.0 Å². The fraction of sp³-hybridized carbons (Fsp3) is 0.727. The first-order valence-electron chi connectivity index (χ1n) is 6.03. The lowest BCUT2D eigenvalue weighted by molar-refractivity contribution is -0.149. The van der Waals surface area contributed by atoms with E-state index in [4.69, 9.17) is 10.8 Å². The number of amides is 3. The SMILES string of the molecule is CC(C)CN(CC(N)=O)C(=O)N(CC(=O)O)CC(F)(F)F. The molecule has 0 aliphatic carbocycles. The fourth-order valence-electron chi connectivity index (χ4n) is 1.61. The number of rotatable bonds is 7. The van der Waals surface area contributed by atoms with Crippen molar-refractivity contribution in [1.29, 1.82) is 0 Å². The molecule has 0 aliphatic rings. The highest BCUT2D eigenvalue weighted by Gasteiger charge is 2.36. The lowest BCUT2D eigenvalue weighted by atomic mass is 10.2. The van der Waals surface area contributed by atoms with Crippen LogP contribution in [0.4, 0.5) is 18.0 Å². The van der Waals surface area contributed by atoms with E-state index >= 15 is 0 Å². The van der Waals surface area contributed by atoms with Gasteiger partial charge in [0.15, 0.2) is 0 Å². The molecule has 0 aromatic rings. The van der Waals surface area contributed by atoms with Crippen LogP contribution in [0.15, 0.2) is 0 Å². The molecule has 122 valence electrons. The van der Waals surface area contributed by atoms with Crippen molar-refractivity contribution in [2.75, 3.05) is 26.2 Å². The number of carbonyl (C=O) groups is 3. The zero-order valence-corrected chi connectivity index (χ0v) is 11.7. The Hall–Kier alpha value is -2.00. The third kappa shape index (κ3) is 8.71. The predicted octanol–water partition coefficient (Wildman–Crippen LogP) is 0.499. The van der Waals surface area contributed by atoms with Gasteiger partial charge in [0.25, 0.3) is 0 Å². The summed E-state index contributed by atoms with van der Waals surface area (Å²) in [6, 6.07) is -1.19. The maximum absolute atomic E-state index is 12.4. The van der Waals surface area contributed by atoms with Crippen LogP contribution in [-0.2, 0) is 9.59 Å². The third-order valence-corrected chi connectivity index (χ3v) is 2.17. The topological polar surface area (TPSA) is 104 Å². The maximum atomic E-state index is 12.4. The van der Waals surface area contributed by atoms with Gasteiger partial charge in [0, 0.05) is 6.54 Å². The number of primary amides is 1. The molecule has 0 atom stereocenters. The number of alkyl halides is 3. The van der Waals surface area contributed by atoms with Crippen LogP contribution in [0.25, 0.3) is 0 Å². The summed E-state index contributed by atoms with van der Waals surface area (Å²) in [6.45, 7) is -0.0585. The first-order chi connectivity index (χ1) is 9.42. The molecule has 0 saturated heterocycles. The van der Waals surface area contributed by atoms with Gasteiger partial charge in [-0.15, -0.1) is 0 Å². The molecule has 0 bridgehead atoms. The number of hydrogen-bond acceptors (Lipinski definition) is 3. The number of carbonyl (C=O) groups excluding carboxylic acids is 2. The molecule has 0 unspecified atom stereocenters. The highest BCUT2D eigenvalue weighted by molar-refractivity contribution is 5.85. The van der Waals surface area contributed by atoms with Crippen LogP contribution in [0.3, 0.4) is 0 Å². The number of carboxylic acid groups (broad SMARTS) is 1. The fourth-order valence-corrected chi connectivity index (χ4v) is 1.61. The van der Waals surface area contributed by atoms with E-state index in [1.807, 2.05) is 0 Å². The van der Waals surface area contributed by atoms with E-state index in [-0.39, 0.29) is 17.4 Å². The summed E-state index contributed by atoms with van der Waals surface area (Å²) in [5, 5.41) is 8.60. The highest BCUT2D eigenvalue weighted by atomic mass is 19.4. The van der Waals surface area contributed by atoms with Crippen molar-refractivity contribution in [3.05, 3.63) is 0 Å². The van der Waals surface area contributed by atoms with Crippen molar-refractivity contribution in [3.63, 3.8) is 0 Å². The van der Waals surface area contributed by atoms with Gasteiger partial charge in [-0.25, -0.2) is 4.79 Å². The Morgan fingerprint density at radius 1 is 1.14 bits per heavy atom. The Kier molecular flexibility index (Phi) is 6.96. The largest absolute Gasteiger partial charge is 0.480 e. The molecule has 0 aromatic heterocycles. The van der Waals surface area contributed by atoms with Crippen molar-refractivity contribution in [3.8, 4) is 0 Å².